The minimum Gasteiger partial charge on any atom is -0.292 e. The monoisotopic (exact) mass is 273 g/mol. The number of ketones is 1. The van der Waals surface area contributed by atoms with E-state index in [1.165, 1.54) is 24.3 Å². The molecule has 1 atom stereocenters. The molecule has 0 spiro atoms. The van der Waals surface area contributed by atoms with Gasteiger partial charge in [-0.3, -0.25) is 4.79 Å². The Hall–Kier alpha value is -2.18. The Kier molecular flexibility index (Phi) is 3.94. The highest BCUT2D eigenvalue weighted by atomic mass is 35.5. The molecule has 0 aliphatic carbocycles. The lowest BCUT2D eigenvalue weighted by molar-refractivity contribution is 0.0975. The van der Waals surface area contributed by atoms with Crippen molar-refractivity contribution in [3.63, 3.8) is 0 Å². The fourth-order valence-electron chi connectivity index (χ4n) is 1.79. The van der Waals surface area contributed by atoms with Gasteiger partial charge in [0.15, 0.2) is 5.78 Å². The number of rotatable bonds is 3. The van der Waals surface area contributed by atoms with Crippen LogP contribution in [-0.2, 0) is 0 Å². The first-order chi connectivity index (χ1) is 9.13. The Morgan fingerprint density at radius 3 is 2.58 bits per heavy atom. The highest BCUT2D eigenvalue weighted by Gasteiger charge is 2.24. The van der Waals surface area contributed by atoms with E-state index < -0.39 is 17.5 Å². The van der Waals surface area contributed by atoms with Gasteiger partial charge in [0.05, 0.1) is 11.6 Å². The molecule has 2 aromatic carbocycles. The lowest BCUT2D eigenvalue weighted by Crippen LogP contribution is -2.12. The first-order valence-corrected chi connectivity index (χ1v) is 5.95. The minimum atomic E-state index is -1.06. The van der Waals surface area contributed by atoms with Crippen LogP contribution >= 0.6 is 11.6 Å². The van der Waals surface area contributed by atoms with Gasteiger partial charge in [0.1, 0.15) is 11.7 Å². The quantitative estimate of drug-likeness (QED) is 0.794. The van der Waals surface area contributed by atoms with E-state index in [4.69, 9.17) is 16.9 Å². The van der Waals surface area contributed by atoms with E-state index in [-0.39, 0.29) is 5.56 Å². The predicted molar refractivity (Wildman–Crippen MR) is 70.5 cm³/mol. The van der Waals surface area contributed by atoms with Crippen molar-refractivity contribution in [2.75, 3.05) is 0 Å². The molecule has 0 radical (unpaired) electrons. The molecule has 0 fully saturated rings. The van der Waals surface area contributed by atoms with E-state index in [2.05, 4.69) is 0 Å². The van der Waals surface area contributed by atoms with Crippen LogP contribution < -0.4 is 0 Å². The normalized spacial score (nSPS) is 11.6. The number of hydrogen-bond donors (Lipinski definition) is 0. The third kappa shape index (κ3) is 2.81. The standard InChI is InChI=1S/C15H9ClFNO/c16-11-5-3-4-10(8-11)13(9-18)15(19)12-6-1-2-7-14(12)17/h1-8,13H. The van der Waals surface area contributed by atoms with E-state index >= 15 is 0 Å². The van der Waals surface area contributed by atoms with Gasteiger partial charge in [0.25, 0.3) is 0 Å². The lowest BCUT2D eigenvalue weighted by Gasteiger charge is -2.09. The van der Waals surface area contributed by atoms with Crippen molar-refractivity contribution in [1.82, 2.24) is 0 Å². The van der Waals surface area contributed by atoms with Crippen molar-refractivity contribution in [3.05, 3.63) is 70.5 Å². The molecule has 0 aliphatic heterocycles. The van der Waals surface area contributed by atoms with Gasteiger partial charge >= 0.3 is 0 Å². The average molecular weight is 274 g/mol. The van der Waals surface area contributed by atoms with Crippen LogP contribution in [0.5, 0.6) is 0 Å². The van der Waals surface area contributed by atoms with E-state index in [1.807, 2.05) is 6.07 Å². The molecule has 0 bridgehead atoms. The molecule has 94 valence electrons. The fraction of sp³-hybridized carbons (Fsp3) is 0.0667. The molecule has 2 nitrogen and oxygen atoms in total. The van der Waals surface area contributed by atoms with Crippen molar-refractivity contribution in [2.24, 2.45) is 0 Å². The number of halogens is 2. The Bertz CT molecular complexity index is 663. The number of hydrogen-bond acceptors (Lipinski definition) is 2. The molecule has 1 unspecified atom stereocenters. The molecule has 0 aromatic heterocycles. The molecule has 0 N–H and O–H groups in total. The first-order valence-electron chi connectivity index (χ1n) is 5.57. The minimum absolute atomic E-state index is 0.0889. The van der Waals surface area contributed by atoms with Crippen LogP contribution in [0.2, 0.25) is 5.02 Å². The Morgan fingerprint density at radius 1 is 1.21 bits per heavy atom. The van der Waals surface area contributed by atoms with Gasteiger partial charge in [-0.05, 0) is 29.8 Å². The molecule has 2 aromatic rings. The van der Waals surface area contributed by atoms with Gasteiger partial charge in [-0.25, -0.2) is 4.39 Å². The molecule has 4 heteroatoms. The second kappa shape index (κ2) is 5.64. The van der Waals surface area contributed by atoms with Gasteiger partial charge < -0.3 is 0 Å². The SMILES string of the molecule is N#CC(C(=O)c1ccccc1F)c1cccc(Cl)c1. The number of carbonyl (C=O) groups is 1. The maximum atomic E-state index is 13.6. The molecule has 0 saturated carbocycles. The van der Waals surface area contributed by atoms with E-state index in [1.54, 1.807) is 24.3 Å². The molecule has 0 heterocycles. The van der Waals surface area contributed by atoms with Crippen LogP contribution in [0.4, 0.5) is 4.39 Å². The summed E-state index contributed by atoms with van der Waals surface area (Å²) in [5.74, 6) is -2.26. The van der Waals surface area contributed by atoms with Crippen LogP contribution in [0.3, 0.4) is 0 Å². The van der Waals surface area contributed by atoms with Gasteiger partial charge in [0, 0.05) is 5.02 Å². The Balaban J connectivity index is 2.42. The third-order valence-corrected chi connectivity index (χ3v) is 2.95. The summed E-state index contributed by atoms with van der Waals surface area (Å²) in [5.41, 5.74) is 0.372. The van der Waals surface area contributed by atoms with Crippen LogP contribution in [0, 0.1) is 17.1 Å². The summed E-state index contributed by atoms with van der Waals surface area (Å²) >= 11 is 5.83. The maximum absolute atomic E-state index is 13.6. The molecular formula is C15H9ClFNO. The Labute approximate surface area is 115 Å². The molecule has 19 heavy (non-hydrogen) atoms. The first kappa shape index (κ1) is 13.3. The van der Waals surface area contributed by atoms with Crippen molar-refractivity contribution < 1.29 is 9.18 Å². The third-order valence-electron chi connectivity index (χ3n) is 2.71. The summed E-state index contributed by atoms with van der Waals surface area (Å²) in [6, 6.07) is 14.0. The average Bonchev–Trinajstić information content (AvgIpc) is 2.40. The smallest absolute Gasteiger partial charge is 0.187 e. The highest BCUT2D eigenvalue weighted by molar-refractivity contribution is 6.30. The van der Waals surface area contributed by atoms with Gasteiger partial charge in [0.2, 0.25) is 0 Å². The van der Waals surface area contributed by atoms with Crippen molar-refractivity contribution >= 4 is 17.4 Å². The van der Waals surface area contributed by atoms with Crippen LogP contribution in [0.25, 0.3) is 0 Å². The zero-order chi connectivity index (χ0) is 13.8. The number of Topliss-reactive ketones (excluding diaryl/α,β-unsaturated/α-hetero) is 1. The van der Waals surface area contributed by atoms with Crippen molar-refractivity contribution in [2.45, 2.75) is 5.92 Å². The molecule has 0 saturated heterocycles. The van der Waals surface area contributed by atoms with Crippen LogP contribution in [-0.4, -0.2) is 5.78 Å². The maximum Gasteiger partial charge on any atom is 0.187 e. The van der Waals surface area contributed by atoms with Crippen LogP contribution in [0.1, 0.15) is 21.8 Å². The highest BCUT2D eigenvalue weighted by Crippen LogP contribution is 2.24. The summed E-state index contributed by atoms with van der Waals surface area (Å²) in [7, 11) is 0. The van der Waals surface area contributed by atoms with E-state index in [0.29, 0.717) is 10.6 Å². The second-order valence-corrected chi connectivity index (χ2v) is 4.40. The van der Waals surface area contributed by atoms with Gasteiger partial charge in [-0.2, -0.15) is 5.26 Å². The van der Waals surface area contributed by atoms with E-state index in [0.717, 1.165) is 0 Å². The van der Waals surface area contributed by atoms with Crippen molar-refractivity contribution in [1.29, 1.82) is 5.26 Å². The second-order valence-electron chi connectivity index (χ2n) is 3.96. The largest absolute Gasteiger partial charge is 0.292 e. The zero-order valence-corrected chi connectivity index (χ0v) is 10.6. The van der Waals surface area contributed by atoms with Crippen molar-refractivity contribution in [3.8, 4) is 6.07 Å². The topological polar surface area (TPSA) is 40.9 Å². The van der Waals surface area contributed by atoms with Crippen LogP contribution in [0.15, 0.2) is 48.5 Å². The lowest BCUT2D eigenvalue weighted by atomic mass is 9.92. The molecular weight excluding hydrogens is 265 g/mol. The molecule has 2 rings (SSSR count). The number of nitrogens with zero attached hydrogens (tertiary/aromatic N) is 1. The number of carbonyl (C=O) groups excluding carboxylic acids is 1. The summed E-state index contributed by atoms with van der Waals surface area (Å²) in [4.78, 5) is 12.2. The molecule has 0 aliphatic rings. The summed E-state index contributed by atoms with van der Waals surface area (Å²) < 4.78 is 13.6. The molecule has 0 amide bonds. The zero-order valence-electron chi connectivity index (χ0n) is 9.81. The fourth-order valence-corrected chi connectivity index (χ4v) is 1.99. The van der Waals surface area contributed by atoms with Gasteiger partial charge in [-0.15, -0.1) is 0 Å². The van der Waals surface area contributed by atoms with Gasteiger partial charge in [-0.1, -0.05) is 35.9 Å². The number of benzene rings is 2. The van der Waals surface area contributed by atoms with E-state index in [9.17, 15) is 9.18 Å². The summed E-state index contributed by atoms with van der Waals surface area (Å²) in [6.07, 6.45) is 0. The Morgan fingerprint density at radius 2 is 1.95 bits per heavy atom. The number of nitriles is 1. The summed E-state index contributed by atoms with van der Waals surface area (Å²) in [6.45, 7) is 0. The predicted octanol–water partition coefficient (Wildman–Crippen LogP) is 3.97. The summed E-state index contributed by atoms with van der Waals surface area (Å²) in [5, 5.41) is 9.59.